The molecule has 7 heteroatoms. The van der Waals surface area contributed by atoms with Crippen LogP contribution < -0.4 is 15.6 Å². The molecule has 0 radical (unpaired) electrons. The van der Waals surface area contributed by atoms with E-state index in [1.54, 1.807) is 17.7 Å². The predicted molar refractivity (Wildman–Crippen MR) is 139 cm³/mol. The van der Waals surface area contributed by atoms with Crippen molar-refractivity contribution in [3.63, 3.8) is 0 Å². The van der Waals surface area contributed by atoms with Gasteiger partial charge in [-0.25, -0.2) is 4.98 Å². The molecule has 1 aliphatic rings. The molecule has 0 spiro atoms. The van der Waals surface area contributed by atoms with E-state index in [-0.39, 0.29) is 23.3 Å². The van der Waals surface area contributed by atoms with E-state index in [2.05, 4.69) is 17.4 Å². The number of aryl methyl sites for hydroxylation is 1. The fourth-order valence-electron chi connectivity index (χ4n) is 4.58. The lowest BCUT2D eigenvalue weighted by molar-refractivity contribution is -0.119. The smallest absolute Gasteiger partial charge is 0.262 e. The Morgan fingerprint density at radius 2 is 1.86 bits per heavy atom. The number of hydrogen-bond donors (Lipinski definition) is 1. The van der Waals surface area contributed by atoms with Crippen molar-refractivity contribution in [2.75, 3.05) is 12.9 Å². The number of amides is 1. The molecule has 6 nitrogen and oxygen atoms in total. The number of para-hydroxylation sites is 1. The molecular weight excluding hydrogens is 458 g/mol. The van der Waals surface area contributed by atoms with Gasteiger partial charge in [-0.1, -0.05) is 60.3 Å². The van der Waals surface area contributed by atoms with Crippen molar-refractivity contribution < 1.29 is 9.53 Å². The van der Waals surface area contributed by atoms with Crippen LogP contribution in [-0.2, 0) is 17.8 Å². The van der Waals surface area contributed by atoms with Gasteiger partial charge < -0.3 is 10.1 Å². The Morgan fingerprint density at radius 3 is 2.69 bits per heavy atom. The van der Waals surface area contributed by atoms with Crippen LogP contribution in [0, 0.1) is 0 Å². The number of carbonyl (C=O) groups excluding carboxylic acids is 1. The number of rotatable bonds is 7. The predicted octanol–water partition coefficient (Wildman–Crippen LogP) is 4.74. The minimum absolute atomic E-state index is 0.0269. The zero-order valence-electron chi connectivity index (χ0n) is 19.6. The second-order valence-corrected chi connectivity index (χ2v) is 9.59. The maximum atomic E-state index is 13.4. The van der Waals surface area contributed by atoms with Crippen LogP contribution >= 0.6 is 11.8 Å². The van der Waals surface area contributed by atoms with E-state index in [4.69, 9.17) is 9.72 Å². The Kier molecular flexibility index (Phi) is 6.86. The Balaban J connectivity index is 1.37. The number of nitrogens with zero attached hydrogens (tertiary/aromatic N) is 2. The first-order valence-corrected chi connectivity index (χ1v) is 12.7. The highest BCUT2D eigenvalue weighted by atomic mass is 32.2. The molecule has 35 heavy (non-hydrogen) atoms. The van der Waals surface area contributed by atoms with Gasteiger partial charge >= 0.3 is 0 Å². The first-order chi connectivity index (χ1) is 17.1. The molecular formula is C28H27N3O3S. The quantitative estimate of drug-likeness (QED) is 0.302. The van der Waals surface area contributed by atoms with Gasteiger partial charge in [-0.2, -0.15) is 0 Å². The second kappa shape index (κ2) is 10.4. The first-order valence-electron chi connectivity index (χ1n) is 11.7. The van der Waals surface area contributed by atoms with E-state index < -0.39 is 0 Å². The molecule has 178 valence electrons. The van der Waals surface area contributed by atoms with Crippen LogP contribution in [0.25, 0.3) is 10.9 Å². The van der Waals surface area contributed by atoms with Gasteiger partial charge in [0, 0.05) is 0 Å². The minimum atomic E-state index is -0.115. The molecule has 1 heterocycles. The third kappa shape index (κ3) is 5.10. The van der Waals surface area contributed by atoms with Gasteiger partial charge in [0.05, 0.1) is 36.4 Å². The normalized spacial score (nSPS) is 14.9. The highest BCUT2D eigenvalue weighted by Crippen LogP contribution is 2.29. The highest BCUT2D eigenvalue weighted by molar-refractivity contribution is 7.99. The summed E-state index contributed by atoms with van der Waals surface area (Å²) in [5.74, 6) is 0.884. The second-order valence-electron chi connectivity index (χ2n) is 8.65. The summed E-state index contributed by atoms with van der Waals surface area (Å²) in [7, 11) is 1.62. The first kappa shape index (κ1) is 23.2. The lowest BCUT2D eigenvalue weighted by atomic mass is 9.88. The van der Waals surface area contributed by atoms with Gasteiger partial charge in [-0.15, -0.1) is 0 Å². The van der Waals surface area contributed by atoms with E-state index >= 15 is 0 Å². The number of benzene rings is 3. The number of hydrogen-bond acceptors (Lipinski definition) is 5. The maximum Gasteiger partial charge on any atom is 0.262 e. The lowest BCUT2D eigenvalue weighted by Gasteiger charge is -2.26. The third-order valence-electron chi connectivity index (χ3n) is 6.36. The van der Waals surface area contributed by atoms with E-state index in [1.165, 1.54) is 22.9 Å². The molecule has 0 saturated heterocycles. The van der Waals surface area contributed by atoms with Crippen LogP contribution in [0.2, 0.25) is 0 Å². The zero-order valence-corrected chi connectivity index (χ0v) is 20.4. The monoisotopic (exact) mass is 485 g/mol. The Labute approximate surface area is 208 Å². The van der Waals surface area contributed by atoms with Crippen molar-refractivity contribution >= 4 is 28.6 Å². The van der Waals surface area contributed by atoms with Gasteiger partial charge in [-0.05, 0) is 60.2 Å². The summed E-state index contributed by atoms with van der Waals surface area (Å²) >= 11 is 1.30. The Hall–Kier alpha value is -3.58. The molecule has 1 N–H and O–H groups in total. The van der Waals surface area contributed by atoms with Gasteiger partial charge in [0.1, 0.15) is 5.75 Å². The van der Waals surface area contributed by atoms with Crippen LogP contribution in [0.15, 0.2) is 82.7 Å². The van der Waals surface area contributed by atoms with Crippen LogP contribution in [-0.4, -0.2) is 28.3 Å². The number of aromatic nitrogens is 2. The molecule has 1 aromatic heterocycles. The number of fused-ring (bicyclic) bond motifs is 2. The summed E-state index contributed by atoms with van der Waals surface area (Å²) in [4.78, 5) is 31.0. The number of methoxy groups -OCH3 is 1. The Morgan fingerprint density at radius 1 is 1.09 bits per heavy atom. The molecule has 1 amide bonds. The van der Waals surface area contributed by atoms with Gasteiger partial charge in [-0.3, -0.25) is 14.2 Å². The molecule has 1 unspecified atom stereocenters. The summed E-state index contributed by atoms with van der Waals surface area (Å²) < 4.78 is 6.90. The number of thioether (sulfide) groups is 1. The minimum Gasteiger partial charge on any atom is -0.497 e. The van der Waals surface area contributed by atoms with E-state index in [0.717, 1.165) is 30.6 Å². The summed E-state index contributed by atoms with van der Waals surface area (Å²) in [5, 5.41) is 4.28. The fourth-order valence-corrected chi connectivity index (χ4v) is 5.39. The molecule has 0 bridgehead atoms. The standard InChI is InChI=1S/C28H27N3O3S/c1-34-21-15-13-19(14-16-21)17-31-27(33)23-10-4-5-11-25(23)30-28(31)35-18-26(32)29-24-12-6-8-20-7-2-3-9-22(20)24/h2-5,7,9-11,13-16,24H,6,8,12,17-18H2,1H3,(H,29,32). The highest BCUT2D eigenvalue weighted by Gasteiger charge is 2.22. The van der Waals surface area contributed by atoms with Crippen molar-refractivity contribution in [3.05, 3.63) is 99.8 Å². The van der Waals surface area contributed by atoms with Crippen molar-refractivity contribution in [2.45, 2.75) is 37.0 Å². The van der Waals surface area contributed by atoms with E-state index in [9.17, 15) is 9.59 Å². The SMILES string of the molecule is COc1ccc(Cn2c(SCC(=O)NC3CCCc4ccccc43)nc3ccccc3c2=O)cc1. The molecule has 0 saturated carbocycles. The molecule has 0 aliphatic heterocycles. The molecule has 3 aromatic carbocycles. The molecule has 1 atom stereocenters. The third-order valence-corrected chi connectivity index (χ3v) is 7.34. The molecule has 1 aliphatic carbocycles. The van der Waals surface area contributed by atoms with E-state index in [0.29, 0.717) is 22.6 Å². The van der Waals surface area contributed by atoms with Crippen LogP contribution in [0.4, 0.5) is 0 Å². The maximum absolute atomic E-state index is 13.4. The molecule has 5 rings (SSSR count). The van der Waals surface area contributed by atoms with Gasteiger partial charge in [0.15, 0.2) is 5.16 Å². The average molecular weight is 486 g/mol. The van der Waals surface area contributed by atoms with Crippen LogP contribution in [0.1, 0.15) is 35.6 Å². The van der Waals surface area contributed by atoms with Gasteiger partial charge in [0.2, 0.25) is 5.91 Å². The molecule has 4 aromatic rings. The zero-order chi connectivity index (χ0) is 24.2. The van der Waals surface area contributed by atoms with Crippen molar-refractivity contribution in [3.8, 4) is 5.75 Å². The molecule has 0 fully saturated rings. The summed E-state index contributed by atoms with van der Waals surface area (Å²) in [6.45, 7) is 0.362. The van der Waals surface area contributed by atoms with E-state index in [1.807, 2.05) is 54.6 Å². The van der Waals surface area contributed by atoms with Crippen molar-refractivity contribution in [1.29, 1.82) is 0 Å². The summed E-state index contributed by atoms with van der Waals surface area (Å²) in [5.41, 5.74) is 3.98. The largest absolute Gasteiger partial charge is 0.497 e. The van der Waals surface area contributed by atoms with Crippen LogP contribution in [0.5, 0.6) is 5.75 Å². The average Bonchev–Trinajstić information content (AvgIpc) is 2.90. The number of carbonyl (C=O) groups is 1. The summed E-state index contributed by atoms with van der Waals surface area (Å²) in [6.07, 6.45) is 3.04. The Bertz CT molecular complexity index is 1420. The summed E-state index contributed by atoms with van der Waals surface area (Å²) in [6, 6.07) is 23.3. The topological polar surface area (TPSA) is 73.2 Å². The van der Waals surface area contributed by atoms with Crippen molar-refractivity contribution in [1.82, 2.24) is 14.9 Å². The number of ether oxygens (including phenoxy) is 1. The lowest BCUT2D eigenvalue weighted by Crippen LogP contribution is -2.32. The van der Waals surface area contributed by atoms with Crippen molar-refractivity contribution in [2.24, 2.45) is 0 Å². The van der Waals surface area contributed by atoms with Crippen LogP contribution in [0.3, 0.4) is 0 Å². The number of nitrogens with one attached hydrogen (secondary N) is 1. The fraction of sp³-hybridized carbons (Fsp3) is 0.250. The van der Waals surface area contributed by atoms with Gasteiger partial charge in [0.25, 0.3) is 5.56 Å².